The second-order valence-electron chi connectivity index (χ2n) is 7.03. The number of likely N-dealkylation sites (N-methyl/N-ethyl adjacent to an activating group) is 1. The van der Waals surface area contributed by atoms with Gasteiger partial charge >= 0.3 is 0 Å². The zero-order valence-electron chi connectivity index (χ0n) is 15.9. The molecule has 1 aliphatic heterocycles. The summed E-state index contributed by atoms with van der Waals surface area (Å²) in [4.78, 5) is 29.3. The van der Waals surface area contributed by atoms with E-state index in [1.54, 1.807) is 12.1 Å². The van der Waals surface area contributed by atoms with Gasteiger partial charge in [0.1, 0.15) is 0 Å². The maximum absolute atomic E-state index is 12.9. The highest BCUT2D eigenvalue weighted by Crippen LogP contribution is 2.19. The summed E-state index contributed by atoms with van der Waals surface area (Å²) in [6.07, 6.45) is 2.09. The van der Waals surface area contributed by atoms with E-state index in [0.717, 1.165) is 25.9 Å². The standard InChI is InChI=1S/C22H27N3O2/c1-24-14-16-25(17-15-24)22(27)19-11-5-6-12-20(19)23-21(26)13-7-10-18-8-3-2-4-9-18/h2-6,8-9,11-12H,7,10,13-17H2,1H3,(H,23,26). The fraction of sp³-hybridized carbons (Fsp3) is 0.364. The van der Waals surface area contributed by atoms with Crippen molar-refractivity contribution in [3.63, 3.8) is 0 Å². The van der Waals surface area contributed by atoms with Crippen molar-refractivity contribution in [3.8, 4) is 0 Å². The fourth-order valence-electron chi connectivity index (χ4n) is 3.27. The van der Waals surface area contributed by atoms with Gasteiger partial charge in [-0.2, -0.15) is 0 Å². The summed E-state index contributed by atoms with van der Waals surface area (Å²) in [6.45, 7) is 3.18. The Morgan fingerprint density at radius 2 is 1.59 bits per heavy atom. The Balaban J connectivity index is 1.56. The van der Waals surface area contributed by atoms with Crippen LogP contribution in [-0.4, -0.2) is 54.8 Å². The monoisotopic (exact) mass is 365 g/mol. The Morgan fingerprint density at radius 1 is 0.926 bits per heavy atom. The Bertz CT molecular complexity index is 768. The average Bonchev–Trinajstić information content (AvgIpc) is 2.69. The van der Waals surface area contributed by atoms with Gasteiger partial charge in [0.2, 0.25) is 5.91 Å². The van der Waals surface area contributed by atoms with Gasteiger partial charge in [-0.3, -0.25) is 9.59 Å². The first kappa shape index (κ1) is 19.1. The van der Waals surface area contributed by atoms with Gasteiger partial charge in [-0.1, -0.05) is 42.5 Å². The molecule has 1 saturated heterocycles. The molecule has 1 aliphatic rings. The topological polar surface area (TPSA) is 52.6 Å². The fourth-order valence-corrected chi connectivity index (χ4v) is 3.27. The zero-order valence-corrected chi connectivity index (χ0v) is 15.9. The third kappa shape index (κ3) is 5.41. The van der Waals surface area contributed by atoms with Crippen LogP contribution in [0.25, 0.3) is 0 Å². The molecular formula is C22H27N3O2. The maximum Gasteiger partial charge on any atom is 0.256 e. The number of carbonyl (C=O) groups is 2. The van der Waals surface area contributed by atoms with Crippen molar-refractivity contribution in [1.82, 2.24) is 9.80 Å². The number of amides is 2. The van der Waals surface area contributed by atoms with Gasteiger partial charge in [-0.25, -0.2) is 0 Å². The number of nitrogens with one attached hydrogen (secondary N) is 1. The Morgan fingerprint density at radius 3 is 2.33 bits per heavy atom. The molecule has 2 amide bonds. The van der Waals surface area contributed by atoms with Gasteiger partial charge < -0.3 is 15.1 Å². The largest absolute Gasteiger partial charge is 0.336 e. The van der Waals surface area contributed by atoms with Gasteiger partial charge in [0.05, 0.1) is 11.3 Å². The first-order valence-corrected chi connectivity index (χ1v) is 9.54. The Labute approximate surface area is 161 Å². The predicted octanol–water partition coefficient (Wildman–Crippen LogP) is 3.04. The van der Waals surface area contributed by atoms with E-state index in [2.05, 4.69) is 29.4 Å². The van der Waals surface area contributed by atoms with Gasteiger partial charge in [-0.05, 0) is 37.6 Å². The van der Waals surface area contributed by atoms with Gasteiger partial charge in [0, 0.05) is 32.6 Å². The summed E-state index contributed by atoms with van der Waals surface area (Å²) in [6, 6.07) is 17.4. The minimum absolute atomic E-state index is 0.0108. The van der Waals surface area contributed by atoms with Crippen molar-refractivity contribution < 1.29 is 9.59 Å². The van der Waals surface area contributed by atoms with E-state index in [4.69, 9.17) is 0 Å². The molecule has 2 aromatic carbocycles. The number of para-hydroxylation sites is 1. The van der Waals surface area contributed by atoms with Crippen LogP contribution >= 0.6 is 0 Å². The number of carbonyl (C=O) groups excluding carboxylic acids is 2. The van der Waals surface area contributed by atoms with E-state index in [9.17, 15) is 9.59 Å². The van der Waals surface area contributed by atoms with Crippen molar-refractivity contribution in [1.29, 1.82) is 0 Å². The summed E-state index contributed by atoms with van der Waals surface area (Å²) in [5, 5.41) is 2.93. The third-order valence-electron chi connectivity index (χ3n) is 4.93. The van der Waals surface area contributed by atoms with Crippen LogP contribution in [0.3, 0.4) is 0 Å². The summed E-state index contributed by atoms with van der Waals surface area (Å²) < 4.78 is 0. The van der Waals surface area contributed by atoms with Crippen LogP contribution in [0.1, 0.15) is 28.8 Å². The minimum atomic E-state index is -0.0513. The molecule has 142 valence electrons. The maximum atomic E-state index is 12.9. The molecule has 5 heteroatoms. The molecule has 1 fully saturated rings. The molecule has 5 nitrogen and oxygen atoms in total. The van der Waals surface area contributed by atoms with Gasteiger partial charge in [0.25, 0.3) is 5.91 Å². The molecule has 0 radical (unpaired) electrons. The average molecular weight is 365 g/mol. The van der Waals surface area contributed by atoms with Crippen molar-refractivity contribution >= 4 is 17.5 Å². The lowest BCUT2D eigenvalue weighted by Gasteiger charge is -2.32. The van der Waals surface area contributed by atoms with Crippen LogP contribution in [0.5, 0.6) is 0 Å². The van der Waals surface area contributed by atoms with E-state index < -0.39 is 0 Å². The van der Waals surface area contributed by atoms with Gasteiger partial charge in [-0.15, -0.1) is 0 Å². The van der Waals surface area contributed by atoms with Gasteiger partial charge in [0.15, 0.2) is 0 Å². The second-order valence-corrected chi connectivity index (χ2v) is 7.03. The summed E-state index contributed by atoms with van der Waals surface area (Å²) >= 11 is 0. The first-order valence-electron chi connectivity index (χ1n) is 9.54. The minimum Gasteiger partial charge on any atom is -0.336 e. The highest BCUT2D eigenvalue weighted by Gasteiger charge is 2.22. The highest BCUT2D eigenvalue weighted by molar-refractivity contribution is 6.03. The third-order valence-corrected chi connectivity index (χ3v) is 4.93. The van der Waals surface area contributed by atoms with E-state index in [-0.39, 0.29) is 11.8 Å². The molecule has 0 spiro atoms. The molecule has 0 aromatic heterocycles. The molecule has 0 bridgehead atoms. The Hall–Kier alpha value is -2.66. The lowest BCUT2D eigenvalue weighted by Crippen LogP contribution is -2.47. The molecule has 0 saturated carbocycles. The predicted molar refractivity (Wildman–Crippen MR) is 108 cm³/mol. The molecule has 3 rings (SSSR count). The van der Waals surface area contributed by atoms with E-state index in [1.165, 1.54) is 5.56 Å². The number of aryl methyl sites for hydroxylation is 1. The van der Waals surface area contributed by atoms with Crippen LogP contribution < -0.4 is 5.32 Å². The lowest BCUT2D eigenvalue weighted by atomic mass is 10.1. The molecule has 0 unspecified atom stereocenters. The molecule has 1 N–H and O–H groups in total. The van der Waals surface area contributed by atoms with Crippen molar-refractivity contribution in [2.75, 3.05) is 38.5 Å². The summed E-state index contributed by atoms with van der Waals surface area (Å²) in [5.41, 5.74) is 2.40. The van der Waals surface area contributed by atoms with Crippen LogP contribution in [0.4, 0.5) is 5.69 Å². The first-order chi connectivity index (χ1) is 13.1. The van der Waals surface area contributed by atoms with Crippen LogP contribution in [0.2, 0.25) is 0 Å². The SMILES string of the molecule is CN1CCN(C(=O)c2ccccc2NC(=O)CCCc2ccccc2)CC1. The number of piperazine rings is 1. The number of rotatable bonds is 6. The quantitative estimate of drug-likeness (QED) is 0.856. The lowest BCUT2D eigenvalue weighted by molar-refractivity contribution is -0.116. The molecule has 0 atom stereocenters. The summed E-state index contributed by atoms with van der Waals surface area (Å²) in [7, 11) is 2.06. The smallest absolute Gasteiger partial charge is 0.256 e. The number of nitrogens with zero attached hydrogens (tertiary/aromatic N) is 2. The molecular weight excluding hydrogens is 338 g/mol. The van der Waals surface area contributed by atoms with E-state index in [0.29, 0.717) is 30.8 Å². The molecule has 2 aromatic rings. The van der Waals surface area contributed by atoms with Crippen LogP contribution in [-0.2, 0) is 11.2 Å². The number of hydrogen-bond donors (Lipinski definition) is 1. The van der Waals surface area contributed by atoms with Crippen molar-refractivity contribution in [3.05, 3.63) is 65.7 Å². The molecule has 1 heterocycles. The highest BCUT2D eigenvalue weighted by atomic mass is 16.2. The summed E-state index contributed by atoms with van der Waals surface area (Å²) in [5.74, 6) is -0.0622. The number of anilines is 1. The van der Waals surface area contributed by atoms with E-state index in [1.807, 2.05) is 35.2 Å². The zero-order chi connectivity index (χ0) is 19.1. The molecule has 0 aliphatic carbocycles. The normalized spacial score (nSPS) is 14.8. The van der Waals surface area contributed by atoms with E-state index >= 15 is 0 Å². The van der Waals surface area contributed by atoms with Crippen LogP contribution in [0, 0.1) is 0 Å². The number of hydrogen-bond acceptors (Lipinski definition) is 3. The van der Waals surface area contributed by atoms with Crippen molar-refractivity contribution in [2.45, 2.75) is 19.3 Å². The number of benzene rings is 2. The second kappa shape index (κ2) is 9.33. The Kier molecular flexibility index (Phi) is 6.60. The van der Waals surface area contributed by atoms with Crippen molar-refractivity contribution in [2.24, 2.45) is 0 Å². The molecule has 27 heavy (non-hydrogen) atoms. The van der Waals surface area contributed by atoms with Crippen LogP contribution in [0.15, 0.2) is 54.6 Å².